The number of amides is 1. The van der Waals surface area contributed by atoms with Crippen molar-refractivity contribution in [3.8, 4) is 11.1 Å². The molecule has 1 aliphatic rings. The van der Waals surface area contributed by atoms with Gasteiger partial charge in [0.2, 0.25) is 0 Å². The fourth-order valence-corrected chi connectivity index (χ4v) is 2.31. The summed E-state index contributed by atoms with van der Waals surface area (Å²) in [5.74, 6) is 0. The third-order valence-electron chi connectivity index (χ3n) is 3.45. The van der Waals surface area contributed by atoms with Crippen LogP contribution < -0.4 is 5.32 Å². The topological polar surface area (TPSA) is 83.8 Å². The summed E-state index contributed by atoms with van der Waals surface area (Å²) in [6.45, 7) is 0.234. The summed E-state index contributed by atoms with van der Waals surface area (Å²) >= 11 is 0. The van der Waals surface area contributed by atoms with Crippen molar-refractivity contribution in [1.29, 1.82) is 0 Å². The zero-order valence-corrected chi connectivity index (χ0v) is 11.8. The maximum Gasteiger partial charge on any atom is 0.404 e. The Labute approximate surface area is 127 Å². The summed E-state index contributed by atoms with van der Waals surface area (Å²) in [5, 5.41) is 14.9. The zero-order valence-electron chi connectivity index (χ0n) is 11.8. The molecule has 6 heteroatoms. The predicted molar refractivity (Wildman–Crippen MR) is 81.7 cm³/mol. The first-order valence-corrected chi connectivity index (χ1v) is 6.92. The number of hydrogen-bond donors (Lipinski definition) is 2. The van der Waals surface area contributed by atoms with E-state index in [2.05, 4.69) is 15.5 Å². The van der Waals surface area contributed by atoms with Gasteiger partial charge in [0.25, 0.3) is 0 Å². The smallest absolute Gasteiger partial charge is 0.404 e. The van der Waals surface area contributed by atoms with Crippen molar-refractivity contribution in [3.63, 3.8) is 0 Å². The van der Waals surface area contributed by atoms with Crippen LogP contribution in [0, 0.1) is 0 Å². The minimum Gasteiger partial charge on any atom is -0.465 e. The highest BCUT2D eigenvalue weighted by molar-refractivity contribution is 6.01. The van der Waals surface area contributed by atoms with Crippen LogP contribution in [-0.4, -0.2) is 34.5 Å². The second-order valence-electron chi connectivity index (χ2n) is 4.97. The molecule has 0 fully saturated rings. The predicted octanol–water partition coefficient (Wildman–Crippen LogP) is 2.51. The van der Waals surface area contributed by atoms with Crippen LogP contribution >= 0.6 is 0 Å². The zero-order chi connectivity index (χ0) is 15.4. The van der Waals surface area contributed by atoms with E-state index in [1.807, 2.05) is 36.4 Å². The lowest BCUT2D eigenvalue weighted by atomic mass is 10.0. The van der Waals surface area contributed by atoms with Gasteiger partial charge in [-0.3, -0.25) is 4.98 Å². The monoisotopic (exact) mass is 297 g/mol. The molecule has 1 aromatic carbocycles. The first kappa shape index (κ1) is 14.1. The highest BCUT2D eigenvalue weighted by Gasteiger charge is 2.22. The second kappa shape index (κ2) is 6.26. The minimum atomic E-state index is -1.06. The molecule has 2 N–H and O–H groups in total. The SMILES string of the molecule is O=C(O)NC[C@H]1CC(c2ccc(-c3ccncc3)cc2)=NO1. The molecule has 0 radical (unpaired) electrons. The maximum atomic E-state index is 10.5. The van der Waals surface area contributed by atoms with Crippen LogP contribution in [0.2, 0.25) is 0 Å². The quantitative estimate of drug-likeness (QED) is 0.908. The van der Waals surface area contributed by atoms with Crippen molar-refractivity contribution < 1.29 is 14.7 Å². The van der Waals surface area contributed by atoms with Gasteiger partial charge >= 0.3 is 6.09 Å². The number of rotatable bonds is 4. The number of benzene rings is 1. The third-order valence-corrected chi connectivity index (χ3v) is 3.45. The van der Waals surface area contributed by atoms with Crippen LogP contribution in [0.5, 0.6) is 0 Å². The number of hydrogen-bond acceptors (Lipinski definition) is 4. The summed E-state index contributed by atoms with van der Waals surface area (Å²) in [4.78, 5) is 19.7. The van der Waals surface area contributed by atoms with Crippen LogP contribution in [0.25, 0.3) is 11.1 Å². The van der Waals surface area contributed by atoms with E-state index in [-0.39, 0.29) is 12.6 Å². The van der Waals surface area contributed by atoms with Crippen LogP contribution in [0.4, 0.5) is 4.79 Å². The van der Waals surface area contributed by atoms with E-state index in [1.165, 1.54) is 0 Å². The lowest BCUT2D eigenvalue weighted by Gasteiger charge is -2.07. The summed E-state index contributed by atoms with van der Waals surface area (Å²) < 4.78 is 0. The van der Waals surface area contributed by atoms with Crippen molar-refractivity contribution in [2.24, 2.45) is 5.16 Å². The van der Waals surface area contributed by atoms with Gasteiger partial charge < -0.3 is 15.3 Å². The molecule has 0 aliphatic carbocycles. The first-order valence-electron chi connectivity index (χ1n) is 6.92. The van der Waals surface area contributed by atoms with Gasteiger partial charge in [0, 0.05) is 18.8 Å². The van der Waals surface area contributed by atoms with Gasteiger partial charge in [-0.25, -0.2) is 4.79 Å². The van der Waals surface area contributed by atoms with E-state index < -0.39 is 6.09 Å². The lowest BCUT2D eigenvalue weighted by Crippen LogP contribution is -2.30. The molecule has 3 rings (SSSR count). The molecule has 6 nitrogen and oxygen atoms in total. The largest absolute Gasteiger partial charge is 0.465 e. The van der Waals surface area contributed by atoms with Crippen LogP contribution in [0.1, 0.15) is 12.0 Å². The lowest BCUT2D eigenvalue weighted by molar-refractivity contribution is 0.0841. The van der Waals surface area contributed by atoms with Gasteiger partial charge in [0.15, 0.2) is 6.10 Å². The highest BCUT2D eigenvalue weighted by Crippen LogP contribution is 2.21. The fourth-order valence-electron chi connectivity index (χ4n) is 2.31. The standard InChI is InChI=1S/C16H15N3O3/c20-16(21)18-10-14-9-15(19-22-14)13-3-1-11(2-4-13)12-5-7-17-8-6-12/h1-8,14,18H,9-10H2,(H,20,21)/t14-/m1/s1. The van der Waals surface area contributed by atoms with Crippen molar-refractivity contribution >= 4 is 11.8 Å². The number of carbonyl (C=O) groups is 1. The molecule has 0 saturated heterocycles. The van der Waals surface area contributed by atoms with Crippen molar-refractivity contribution in [1.82, 2.24) is 10.3 Å². The molecule has 0 unspecified atom stereocenters. The van der Waals surface area contributed by atoms with Gasteiger partial charge in [-0.1, -0.05) is 29.4 Å². The molecule has 2 aromatic rings. The minimum absolute atomic E-state index is 0.234. The molecule has 22 heavy (non-hydrogen) atoms. The highest BCUT2D eigenvalue weighted by atomic mass is 16.6. The van der Waals surface area contributed by atoms with E-state index in [9.17, 15) is 4.79 Å². The van der Waals surface area contributed by atoms with E-state index in [0.29, 0.717) is 6.42 Å². The van der Waals surface area contributed by atoms with E-state index in [4.69, 9.17) is 9.94 Å². The Kier molecular flexibility index (Phi) is 4.00. The van der Waals surface area contributed by atoms with Crippen LogP contribution in [0.3, 0.4) is 0 Å². The number of aromatic nitrogens is 1. The maximum absolute atomic E-state index is 10.5. The van der Waals surface area contributed by atoms with Crippen molar-refractivity contribution in [2.75, 3.05) is 6.54 Å². The van der Waals surface area contributed by atoms with Gasteiger partial charge in [0.05, 0.1) is 12.3 Å². The molecule has 1 aliphatic heterocycles. The first-order chi connectivity index (χ1) is 10.7. The molecular formula is C16H15N3O3. The summed E-state index contributed by atoms with van der Waals surface area (Å²) in [6, 6.07) is 11.9. The Balaban J connectivity index is 1.66. The van der Waals surface area contributed by atoms with E-state index in [0.717, 1.165) is 22.4 Å². The molecule has 112 valence electrons. The van der Waals surface area contributed by atoms with Crippen LogP contribution in [-0.2, 0) is 4.84 Å². The Morgan fingerprint density at radius 3 is 2.45 bits per heavy atom. The van der Waals surface area contributed by atoms with Crippen molar-refractivity contribution in [3.05, 3.63) is 54.4 Å². The van der Waals surface area contributed by atoms with E-state index >= 15 is 0 Å². The number of oxime groups is 1. The third kappa shape index (κ3) is 3.22. The fraction of sp³-hybridized carbons (Fsp3) is 0.188. The van der Waals surface area contributed by atoms with Gasteiger partial charge in [-0.2, -0.15) is 0 Å². The summed E-state index contributed by atoms with van der Waals surface area (Å²) in [6.07, 6.45) is 2.82. The number of pyridine rings is 1. The number of nitrogens with zero attached hydrogens (tertiary/aromatic N) is 2. The number of carboxylic acid groups (broad SMARTS) is 1. The normalized spacial score (nSPS) is 16.7. The molecule has 2 heterocycles. The molecule has 0 spiro atoms. The van der Waals surface area contributed by atoms with E-state index in [1.54, 1.807) is 12.4 Å². The second-order valence-corrected chi connectivity index (χ2v) is 4.97. The van der Waals surface area contributed by atoms with Crippen molar-refractivity contribution in [2.45, 2.75) is 12.5 Å². The molecule has 1 aromatic heterocycles. The number of nitrogens with one attached hydrogen (secondary N) is 1. The molecule has 0 saturated carbocycles. The Morgan fingerprint density at radius 1 is 1.14 bits per heavy atom. The molecule has 1 atom stereocenters. The average Bonchev–Trinajstić information content (AvgIpc) is 3.03. The Bertz CT molecular complexity index is 684. The molecule has 0 bridgehead atoms. The van der Waals surface area contributed by atoms with Gasteiger partial charge in [-0.15, -0.1) is 0 Å². The van der Waals surface area contributed by atoms with Gasteiger partial charge in [0.1, 0.15) is 0 Å². The summed E-state index contributed by atoms with van der Waals surface area (Å²) in [7, 11) is 0. The Hall–Kier alpha value is -2.89. The van der Waals surface area contributed by atoms with Gasteiger partial charge in [-0.05, 0) is 28.8 Å². The van der Waals surface area contributed by atoms with Crippen LogP contribution in [0.15, 0.2) is 53.9 Å². The summed E-state index contributed by atoms with van der Waals surface area (Å²) in [5.41, 5.74) is 4.03. The Morgan fingerprint density at radius 2 is 1.77 bits per heavy atom. The molecular weight excluding hydrogens is 282 g/mol. The molecule has 1 amide bonds. The average molecular weight is 297 g/mol.